The standard InChI is InChI=1S/C15H18F3NO3/c1-19-7-3-4-11(19)9-22-13-6-5-10(15(16,17)18)8-12(13)14(20)21-2/h5-6,8,11H,3-4,7,9H2,1-2H3. The highest BCUT2D eigenvalue weighted by atomic mass is 19.4. The van der Waals surface area contributed by atoms with Crippen LogP contribution in [0.15, 0.2) is 18.2 Å². The Morgan fingerprint density at radius 1 is 1.41 bits per heavy atom. The summed E-state index contributed by atoms with van der Waals surface area (Å²) in [4.78, 5) is 13.8. The number of carbonyl (C=O) groups is 1. The van der Waals surface area contributed by atoms with Gasteiger partial charge in [0.2, 0.25) is 0 Å². The minimum absolute atomic E-state index is 0.111. The van der Waals surface area contributed by atoms with Crippen molar-refractivity contribution in [1.29, 1.82) is 0 Å². The largest absolute Gasteiger partial charge is 0.491 e. The van der Waals surface area contributed by atoms with Crippen LogP contribution in [0.3, 0.4) is 0 Å². The van der Waals surface area contributed by atoms with Crippen LogP contribution in [0.5, 0.6) is 5.75 Å². The number of alkyl halides is 3. The van der Waals surface area contributed by atoms with Crippen molar-refractivity contribution < 1.29 is 27.4 Å². The number of carbonyl (C=O) groups excluding carboxylic acids is 1. The van der Waals surface area contributed by atoms with Crippen LogP contribution in [-0.2, 0) is 10.9 Å². The van der Waals surface area contributed by atoms with Gasteiger partial charge in [-0.2, -0.15) is 13.2 Å². The third-order valence-corrected chi connectivity index (χ3v) is 3.81. The van der Waals surface area contributed by atoms with Crippen LogP contribution < -0.4 is 4.74 Å². The number of ether oxygens (including phenoxy) is 2. The molecule has 1 saturated heterocycles. The highest BCUT2D eigenvalue weighted by molar-refractivity contribution is 5.92. The second-order valence-corrected chi connectivity index (χ2v) is 5.29. The van der Waals surface area contributed by atoms with Crippen LogP contribution in [0.4, 0.5) is 13.2 Å². The number of hydrogen-bond donors (Lipinski definition) is 0. The number of methoxy groups -OCH3 is 1. The van der Waals surface area contributed by atoms with Gasteiger partial charge in [-0.1, -0.05) is 0 Å². The summed E-state index contributed by atoms with van der Waals surface area (Å²) in [5.41, 5.74) is -1.11. The second kappa shape index (κ2) is 6.56. The predicted molar refractivity (Wildman–Crippen MR) is 73.9 cm³/mol. The summed E-state index contributed by atoms with van der Waals surface area (Å²) in [6, 6.07) is 3.04. The van der Waals surface area contributed by atoms with E-state index < -0.39 is 17.7 Å². The van der Waals surface area contributed by atoms with Gasteiger partial charge in [-0.15, -0.1) is 0 Å². The van der Waals surface area contributed by atoms with E-state index >= 15 is 0 Å². The van der Waals surface area contributed by atoms with E-state index in [1.165, 1.54) is 6.07 Å². The molecule has 122 valence electrons. The number of rotatable bonds is 4. The molecule has 0 bridgehead atoms. The predicted octanol–water partition coefficient (Wildman–Crippen LogP) is 2.97. The number of likely N-dealkylation sites (N-methyl/N-ethyl adjacent to an activating group) is 1. The molecule has 1 aromatic carbocycles. The molecule has 0 N–H and O–H groups in total. The first-order valence-electron chi connectivity index (χ1n) is 6.95. The van der Waals surface area contributed by atoms with Crippen molar-refractivity contribution in [1.82, 2.24) is 4.90 Å². The van der Waals surface area contributed by atoms with Gasteiger partial charge in [-0.3, -0.25) is 0 Å². The number of esters is 1. The molecule has 1 atom stereocenters. The minimum atomic E-state index is -4.52. The van der Waals surface area contributed by atoms with Crippen molar-refractivity contribution >= 4 is 5.97 Å². The molecule has 1 aliphatic heterocycles. The van der Waals surface area contributed by atoms with E-state index in [0.717, 1.165) is 38.6 Å². The van der Waals surface area contributed by atoms with Gasteiger partial charge < -0.3 is 14.4 Å². The van der Waals surface area contributed by atoms with Crippen molar-refractivity contribution in [2.75, 3.05) is 27.3 Å². The molecule has 0 aromatic heterocycles. The first-order chi connectivity index (χ1) is 10.3. The fraction of sp³-hybridized carbons (Fsp3) is 0.533. The molecule has 1 unspecified atom stereocenters. The zero-order chi connectivity index (χ0) is 16.3. The van der Waals surface area contributed by atoms with Gasteiger partial charge in [0.05, 0.1) is 12.7 Å². The van der Waals surface area contributed by atoms with Gasteiger partial charge in [0.1, 0.15) is 17.9 Å². The van der Waals surface area contributed by atoms with Crippen molar-refractivity contribution in [3.63, 3.8) is 0 Å². The summed E-state index contributed by atoms with van der Waals surface area (Å²) < 4.78 is 48.4. The molecule has 2 rings (SSSR count). The van der Waals surface area contributed by atoms with Gasteiger partial charge in [0, 0.05) is 6.04 Å². The molecule has 1 aliphatic rings. The lowest BCUT2D eigenvalue weighted by Gasteiger charge is -2.20. The SMILES string of the molecule is COC(=O)c1cc(C(F)(F)F)ccc1OCC1CCCN1C. The smallest absolute Gasteiger partial charge is 0.416 e. The quantitative estimate of drug-likeness (QED) is 0.800. The molecule has 4 nitrogen and oxygen atoms in total. The Bertz CT molecular complexity index is 545. The highest BCUT2D eigenvalue weighted by Gasteiger charge is 2.32. The Morgan fingerprint density at radius 2 is 2.14 bits per heavy atom. The Morgan fingerprint density at radius 3 is 2.68 bits per heavy atom. The Kier molecular flexibility index (Phi) is 4.95. The first-order valence-corrected chi connectivity index (χ1v) is 6.95. The molecular weight excluding hydrogens is 299 g/mol. The molecule has 0 radical (unpaired) electrons. The summed E-state index contributed by atoms with van der Waals surface area (Å²) in [6.45, 7) is 1.29. The maximum Gasteiger partial charge on any atom is 0.416 e. The number of hydrogen-bond acceptors (Lipinski definition) is 4. The van der Waals surface area contributed by atoms with Crippen LogP contribution in [0, 0.1) is 0 Å². The highest BCUT2D eigenvalue weighted by Crippen LogP contribution is 2.33. The third kappa shape index (κ3) is 3.71. The van der Waals surface area contributed by atoms with Crippen molar-refractivity contribution in [3.8, 4) is 5.75 Å². The molecule has 22 heavy (non-hydrogen) atoms. The van der Waals surface area contributed by atoms with Crippen molar-refractivity contribution in [2.45, 2.75) is 25.1 Å². The molecule has 1 fully saturated rings. The lowest BCUT2D eigenvalue weighted by Crippen LogP contribution is -2.30. The maximum absolute atomic E-state index is 12.8. The minimum Gasteiger partial charge on any atom is -0.491 e. The topological polar surface area (TPSA) is 38.8 Å². The zero-order valence-corrected chi connectivity index (χ0v) is 12.4. The summed E-state index contributed by atoms with van der Waals surface area (Å²) in [6.07, 6.45) is -2.50. The lowest BCUT2D eigenvalue weighted by molar-refractivity contribution is -0.137. The normalized spacial score (nSPS) is 19.2. The van der Waals surface area contributed by atoms with Gasteiger partial charge in [0.15, 0.2) is 0 Å². The average molecular weight is 317 g/mol. The summed E-state index contributed by atoms with van der Waals surface area (Å²) in [7, 11) is 3.09. The summed E-state index contributed by atoms with van der Waals surface area (Å²) in [5.74, 6) is -0.735. The van der Waals surface area contributed by atoms with Crippen LogP contribution >= 0.6 is 0 Å². The van der Waals surface area contributed by atoms with Crippen LogP contribution in [0.2, 0.25) is 0 Å². The molecular formula is C15H18F3NO3. The monoisotopic (exact) mass is 317 g/mol. The van der Waals surface area contributed by atoms with E-state index in [1.54, 1.807) is 0 Å². The van der Waals surface area contributed by atoms with Gasteiger partial charge >= 0.3 is 12.1 Å². The summed E-state index contributed by atoms with van der Waals surface area (Å²) in [5, 5.41) is 0. The number of nitrogens with zero attached hydrogens (tertiary/aromatic N) is 1. The number of halogens is 3. The van der Waals surface area contributed by atoms with Gasteiger partial charge in [-0.25, -0.2) is 4.79 Å². The molecule has 0 amide bonds. The number of benzene rings is 1. The third-order valence-electron chi connectivity index (χ3n) is 3.81. The van der Waals surface area contributed by atoms with Crippen LogP contribution in [0.1, 0.15) is 28.8 Å². The fourth-order valence-electron chi connectivity index (χ4n) is 2.48. The second-order valence-electron chi connectivity index (χ2n) is 5.29. The first kappa shape index (κ1) is 16.6. The lowest BCUT2D eigenvalue weighted by atomic mass is 10.1. The van der Waals surface area contributed by atoms with E-state index in [9.17, 15) is 18.0 Å². The van der Waals surface area contributed by atoms with E-state index in [-0.39, 0.29) is 17.4 Å². The molecule has 7 heteroatoms. The number of likely N-dealkylation sites (tertiary alicyclic amines) is 1. The Labute approximate surface area is 126 Å². The van der Waals surface area contributed by atoms with Crippen LogP contribution in [-0.4, -0.2) is 44.2 Å². The summed E-state index contributed by atoms with van der Waals surface area (Å²) >= 11 is 0. The van der Waals surface area contributed by atoms with E-state index in [4.69, 9.17) is 4.74 Å². The molecule has 1 heterocycles. The van der Waals surface area contributed by atoms with E-state index in [0.29, 0.717) is 6.61 Å². The maximum atomic E-state index is 12.8. The molecule has 1 aromatic rings. The molecule has 0 saturated carbocycles. The average Bonchev–Trinajstić information content (AvgIpc) is 2.88. The molecule has 0 aliphatic carbocycles. The molecule has 0 spiro atoms. The van der Waals surface area contributed by atoms with E-state index in [1.807, 2.05) is 7.05 Å². The Balaban J connectivity index is 2.20. The fourth-order valence-corrected chi connectivity index (χ4v) is 2.48. The van der Waals surface area contributed by atoms with E-state index in [2.05, 4.69) is 9.64 Å². The zero-order valence-electron chi connectivity index (χ0n) is 12.4. The van der Waals surface area contributed by atoms with Gasteiger partial charge in [-0.05, 0) is 44.6 Å². The van der Waals surface area contributed by atoms with Crippen molar-refractivity contribution in [2.24, 2.45) is 0 Å². The van der Waals surface area contributed by atoms with Gasteiger partial charge in [0.25, 0.3) is 0 Å². The Hall–Kier alpha value is -1.76. The van der Waals surface area contributed by atoms with Crippen molar-refractivity contribution in [3.05, 3.63) is 29.3 Å². The van der Waals surface area contributed by atoms with Crippen LogP contribution in [0.25, 0.3) is 0 Å².